The van der Waals surface area contributed by atoms with Gasteiger partial charge < -0.3 is 15.6 Å². The summed E-state index contributed by atoms with van der Waals surface area (Å²) in [5.74, 6) is -1.37. The van der Waals surface area contributed by atoms with E-state index in [1.807, 2.05) is 0 Å². The van der Waals surface area contributed by atoms with E-state index in [0.29, 0.717) is 21.7 Å². The lowest BCUT2D eigenvalue weighted by atomic mass is 10.0. The topological polar surface area (TPSA) is 97.8 Å². The molecule has 3 rings (SSSR count). The van der Waals surface area contributed by atoms with Gasteiger partial charge in [-0.05, 0) is 24.3 Å². The van der Waals surface area contributed by atoms with Gasteiger partial charge in [-0.15, -0.1) is 0 Å². The molecule has 0 spiro atoms. The van der Waals surface area contributed by atoms with Crippen molar-refractivity contribution in [3.63, 3.8) is 0 Å². The third kappa shape index (κ3) is 2.33. The lowest BCUT2D eigenvalue weighted by molar-refractivity contribution is -0.132. The molecule has 2 aromatic rings. The highest BCUT2D eigenvalue weighted by atomic mass is 32.1. The zero-order chi connectivity index (χ0) is 15.9. The highest BCUT2D eigenvalue weighted by molar-refractivity contribution is 7.16. The lowest BCUT2D eigenvalue weighted by Gasteiger charge is -2.03. The fourth-order valence-corrected chi connectivity index (χ4v) is 2.76. The van der Waals surface area contributed by atoms with Crippen LogP contribution in [0.25, 0.3) is 11.6 Å². The number of aromatic nitrogens is 1. The van der Waals surface area contributed by atoms with Crippen molar-refractivity contribution in [1.82, 2.24) is 4.98 Å². The minimum Gasteiger partial charge on any atom is -0.492 e. The second kappa shape index (κ2) is 5.23. The number of benzene rings is 1. The maximum Gasteiger partial charge on any atom is 0.357 e. The number of thiazole rings is 1. The molecule has 1 aromatic carbocycles. The molecule has 6 nitrogen and oxygen atoms in total. The predicted octanol–water partition coefficient (Wildman–Crippen LogP) is 2.37. The van der Waals surface area contributed by atoms with E-state index in [1.165, 1.54) is 31.4 Å². The molecule has 1 aliphatic rings. The van der Waals surface area contributed by atoms with E-state index in [-0.39, 0.29) is 16.7 Å². The summed E-state index contributed by atoms with van der Waals surface area (Å²) in [6, 6.07) is 3.99. The number of methoxy groups -OCH3 is 1. The van der Waals surface area contributed by atoms with Gasteiger partial charge in [-0.2, -0.15) is 4.98 Å². The summed E-state index contributed by atoms with van der Waals surface area (Å²) in [4.78, 5) is 20.1. The number of rotatable bonds is 2. The number of fused-ring (bicyclic) bond motifs is 1. The molecule has 8 heteroatoms. The molecule has 2 heterocycles. The molecule has 0 saturated heterocycles. The molecule has 3 N–H and O–H groups in total. The first-order valence-electron chi connectivity index (χ1n) is 6.14. The van der Waals surface area contributed by atoms with Crippen LogP contribution in [0.15, 0.2) is 23.2 Å². The molecule has 0 bridgehead atoms. The van der Waals surface area contributed by atoms with Gasteiger partial charge in [-0.1, -0.05) is 11.3 Å². The Balaban J connectivity index is 2.18. The van der Waals surface area contributed by atoms with E-state index in [0.717, 1.165) is 11.3 Å². The maximum absolute atomic E-state index is 13.5. The van der Waals surface area contributed by atoms with Gasteiger partial charge >= 0.3 is 5.97 Å². The van der Waals surface area contributed by atoms with E-state index >= 15 is 0 Å². The molecule has 0 atom stereocenters. The molecule has 0 aliphatic carbocycles. The number of carbonyl (C=O) groups is 1. The Labute approximate surface area is 128 Å². The number of aromatic hydroxyl groups is 1. The van der Waals surface area contributed by atoms with Gasteiger partial charge in [0.05, 0.1) is 17.7 Å². The molecular weight excluding hydrogens is 309 g/mol. The number of aliphatic imine (C=N–C) groups is 1. The smallest absolute Gasteiger partial charge is 0.357 e. The standard InChI is InChI=1S/C14H10FN3O3S/c1-21-13(20)11-8(5-10-12(19)18-14(16)22-10)7-4-6(15)2-3-9(7)17-11/h2-5,19H,1H3,(H2,16,18)/b8-5+. The van der Waals surface area contributed by atoms with Crippen LogP contribution in [0.3, 0.4) is 0 Å². The summed E-state index contributed by atoms with van der Waals surface area (Å²) in [5.41, 5.74) is 6.80. The van der Waals surface area contributed by atoms with Crippen LogP contribution < -0.4 is 5.73 Å². The summed E-state index contributed by atoms with van der Waals surface area (Å²) in [5, 5.41) is 9.90. The second-order valence-electron chi connectivity index (χ2n) is 4.41. The Morgan fingerprint density at radius 1 is 1.50 bits per heavy atom. The Morgan fingerprint density at radius 3 is 2.91 bits per heavy atom. The van der Waals surface area contributed by atoms with Crippen molar-refractivity contribution in [1.29, 1.82) is 0 Å². The van der Waals surface area contributed by atoms with E-state index in [2.05, 4.69) is 9.98 Å². The Bertz CT molecular complexity index is 842. The average molecular weight is 319 g/mol. The van der Waals surface area contributed by atoms with Crippen molar-refractivity contribution in [2.24, 2.45) is 4.99 Å². The van der Waals surface area contributed by atoms with Crippen LogP contribution in [-0.2, 0) is 9.53 Å². The molecule has 1 aliphatic heterocycles. The SMILES string of the molecule is COC(=O)C1=Nc2ccc(F)cc2/C1=C\c1sc(N)nc1O. The Hall–Kier alpha value is -2.74. The average Bonchev–Trinajstić information content (AvgIpc) is 2.99. The van der Waals surface area contributed by atoms with Crippen LogP contribution in [0, 0.1) is 5.82 Å². The zero-order valence-electron chi connectivity index (χ0n) is 11.3. The zero-order valence-corrected chi connectivity index (χ0v) is 12.1. The maximum atomic E-state index is 13.5. The van der Waals surface area contributed by atoms with Crippen molar-refractivity contribution < 1.29 is 19.0 Å². The minimum atomic E-state index is -0.653. The number of esters is 1. The third-order valence-corrected chi connectivity index (χ3v) is 3.86. The summed E-state index contributed by atoms with van der Waals surface area (Å²) < 4.78 is 18.2. The fourth-order valence-electron chi connectivity index (χ4n) is 2.09. The number of nitrogen functional groups attached to an aromatic ring is 1. The number of halogens is 1. The van der Waals surface area contributed by atoms with Gasteiger partial charge in [0.2, 0.25) is 5.88 Å². The third-order valence-electron chi connectivity index (χ3n) is 3.04. The van der Waals surface area contributed by atoms with Crippen molar-refractivity contribution in [3.05, 3.63) is 34.5 Å². The number of hydrogen-bond acceptors (Lipinski definition) is 7. The summed E-state index contributed by atoms with van der Waals surface area (Å²) in [6.07, 6.45) is 1.49. The Kier molecular flexibility index (Phi) is 3.38. The van der Waals surface area contributed by atoms with Crippen molar-refractivity contribution >= 4 is 45.5 Å². The van der Waals surface area contributed by atoms with Gasteiger partial charge in [0.25, 0.3) is 0 Å². The van der Waals surface area contributed by atoms with E-state index in [4.69, 9.17) is 10.5 Å². The molecule has 0 saturated carbocycles. The summed E-state index contributed by atoms with van der Waals surface area (Å²) in [7, 11) is 1.23. The minimum absolute atomic E-state index is 0.0365. The largest absolute Gasteiger partial charge is 0.492 e. The molecule has 1 aromatic heterocycles. The first-order valence-corrected chi connectivity index (χ1v) is 6.95. The molecule has 22 heavy (non-hydrogen) atoms. The van der Waals surface area contributed by atoms with Crippen molar-refractivity contribution in [2.75, 3.05) is 12.8 Å². The quantitative estimate of drug-likeness (QED) is 0.828. The van der Waals surface area contributed by atoms with Gasteiger partial charge in [-0.3, -0.25) is 0 Å². The van der Waals surface area contributed by atoms with E-state index in [1.54, 1.807) is 0 Å². The number of hydrogen-bond donors (Lipinski definition) is 2. The first-order chi connectivity index (χ1) is 10.5. The van der Waals surface area contributed by atoms with E-state index in [9.17, 15) is 14.3 Å². The molecule has 0 amide bonds. The molecule has 0 unspecified atom stereocenters. The number of nitrogens with zero attached hydrogens (tertiary/aromatic N) is 2. The Morgan fingerprint density at radius 2 is 2.27 bits per heavy atom. The van der Waals surface area contributed by atoms with Crippen LogP contribution in [0.5, 0.6) is 5.88 Å². The molecule has 0 radical (unpaired) electrons. The second-order valence-corrected chi connectivity index (χ2v) is 5.47. The van der Waals surface area contributed by atoms with Crippen LogP contribution in [0.4, 0.5) is 15.2 Å². The van der Waals surface area contributed by atoms with Gasteiger partial charge in [0.15, 0.2) is 10.8 Å². The fraction of sp³-hybridized carbons (Fsp3) is 0.0714. The van der Waals surface area contributed by atoms with Gasteiger partial charge in [-0.25, -0.2) is 14.2 Å². The molecule has 0 fully saturated rings. The molecular formula is C14H10FN3O3S. The van der Waals surface area contributed by atoms with Gasteiger partial charge in [0, 0.05) is 11.1 Å². The van der Waals surface area contributed by atoms with Crippen LogP contribution in [0.1, 0.15) is 10.4 Å². The summed E-state index contributed by atoms with van der Waals surface area (Å²) in [6.45, 7) is 0. The highest BCUT2D eigenvalue weighted by Crippen LogP contribution is 2.39. The number of carbonyl (C=O) groups excluding carboxylic acids is 1. The first kappa shape index (κ1) is 14.2. The normalized spacial score (nSPS) is 14.8. The van der Waals surface area contributed by atoms with Crippen LogP contribution in [-0.4, -0.2) is 28.9 Å². The number of nitrogens with two attached hydrogens (primary N) is 1. The van der Waals surface area contributed by atoms with Crippen LogP contribution >= 0.6 is 11.3 Å². The van der Waals surface area contributed by atoms with Crippen molar-refractivity contribution in [2.45, 2.75) is 0 Å². The van der Waals surface area contributed by atoms with E-state index < -0.39 is 11.8 Å². The summed E-state index contributed by atoms with van der Waals surface area (Å²) >= 11 is 1.04. The van der Waals surface area contributed by atoms with Crippen molar-refractivity contribution in [3.8, 4) is 5.88 Å². The van der Waals surface area contributed by atoms with Gasteiger partial charge in [0.1, 0.15) is 5.82 Å². The molecule has 112 valence electrons. The van der Waals surface area contributed by atoms with Crippen LogP contribution in [0.2, 0.25) is 0 Å². The number of ether oxygens (including phenoxy) is 1. The predicted molar refractivity (Wildman–Crippen MR) is 81.6 cm³/mol. The monoisotopic (exact) mass is 319 g/mol. The highest BCUT2D eigenvalue weighted by Gasteiger charge is 2.28. The number of anilines is 1. The lowest BCUT2D eigenvalue weighted by Crippen LogP contribution is -2.14.